The van der Waals surface area contributed by atoms with E-state index in [0.717, 1.165) is 6.42 Å². The number of hydrogen-bond donors (Lipinski definition) is 0. The van der Waals surface area contributed by atoms with Crippen LogP contribution in [0.1, 0.15) is 6.42 Å². The summed E-state index contributed by atoms with van der Waals surface area (Å²) < 4.78 is 9.39. The van der Waals surface area contributed by atoms with Gasteiger partial charge in [0.2, 0.25) is 0 Å². The summed E-state index contributed by atoms with van der Waals surface area (Å²) in [6.45, 7) is 0. The normalized spacial score (nSPS) is 35.6. The quantitative estimate of drug-likeness (QED) is 0.481. The van der Waals surface area contributed by atoms with Crippen LogP contribution in [0.25, 0.3) is 0 Å². The minimum Gasteiger partial charge on any atom is -0.469 e. The Morgan fingerprint density at radius 1 is 1.00 bits per heavy atom. The minimum atomic E-state index is -0.436. The highest BCUT2D eigenvalue weighted by atomic mass is 16.5. The van der Waals surface area contributed by atoms with Crippen molar-refractivity contribution in [1.29, 1.82) is 0 Å². The fourth-order valence-electron chi connectivity index (χ4n) is 2.47. The molecule has 2 aliphatic carbocycles. The maximum Gasteiger partial charge on any atom is 0.310 e. The van der Waals surface area contributed by atoms with E-state index in [1.54, 1.807) is 0 Å². The number of methoxy groups -OCH3 is 2. The Bertz CT molecular complexity index is 331. The third-order valence-corrected chi connectivity index (χ3v) is 3.16. The highest BCUT2D eigenvalue weighted by molar-refractivity contribution is 5.84. The summed E-state index contributed by atoms with van der Waals surface area (Å²) >= 11 is 0. The average Bonchev–Trinajstić information content (AvgIpc) is 2.86. The monoisotopic (exact) mass is 208 g/mol. The van der Waals surface area contributed by atoms with Gasteiger partial charge in [0.25, 0.3) is 0 Å². The van der Waals surface area contributed by atoms with Crippen molar-refractivity contribution in [3.63, 3.8) is 0 Å². The molecule has 80 valence electrons. The molecule has 0 spiro atoms. The van der Waals surface area contributed by atoms with Gasteiger partial charge in [-0.2, -0.15) is 0 Å². The molecule has 4 atom stereocenters. The van der Waals surface area contributed by atoms with Crippen LogP contribution in [0.15, 0.2) is 0 Å². The Kier molecular flexibility index (Phi) is 2.39. The first-order valence-corrected chi connectivity index (χ1v) is 4.85. The molecule has 0 aromatic carbocycles. The SMILES string of the molecule is COC(=O)C1C2C#CC(C2)C1C(=O)OC. The highest BCUT2D eigenvalue weighted by Crippen LogP contribution is 2.45. The van der Waals surface area contributed by atoms with E-state index in [0.29, 0.717) is 0 Å². The maximum atomic E-state index is 11.5. The first kappa shape index (κ1) is 10.0. The molecular formula is C11H12O4. The van der Waals surface area contributed by atoms with E-state index in [-0.39, 0.29) is 23.8 Å². The van der Waals surface area contributed by atoms with E-state index in [2.05, 4.69) is 11.8 Å². The van der Waals surface area contributed by atoms with Crippen LogP contribution in [0.5, 0.6) is 0 Å². The second kappa shape index (κ2) is 3.58. The first-order valence-electron chi connectivity index (χ1n) is 4.85. The van der Waals surface area contributed by atoms with Crippen molar-refractivity contribution in [2.45, 2.75) is 6.42 Å². The molecular weight excluding hydrogens is 196 g/mol. The zero-order valence-electron chi connectivity index (χ0n) is 8.65. The number of rotatable bonds is 2. The summed E-state index contributed by atoms with van der Waals surface area (Å²) in [5, 5.41) is 0. The molecule has 1 fully saturated rings. The van der Waals surface area contributed by atoms with E-state index in [1.165, 1.54) is 14.2 Å². The zero-order chi connectivity index (χ0) is 11.0. The fraction of sp³-hybridized carbons (Fsp3) is 0.636. The van der Waals surface area contributed by atoms with Crippen molar-refractivity contribution in [2.24, 2.45) is 23.7 Å². The molecule has 4 nitrogen and oxygen atoms in total. The predicted molar refractivity (Wildman–Crippen MR) is 50.4 cm³/mol. The zero-order valence-corrected chi connectivity index (χ0v) is 8.65. The molecule has 0 aromatic heterocycles. The summed E-state index contributed by atoms with van der Waals surface area (Å²) in [5.74, 6) is 4.29. The standard InChI is InChI=1S/C11H12O4/c1-14-10(12)8-6-3-4-7(5-6)9(8)11(13)15-2/h6-9H,5H2,1-2H3. The van der Waals surface area contributed by atoms with Gasteiger partial charge in [0, 0.05) is 11.8 Å². The number of hydrogen-bond acceptors (Lipinski definition) is 4. The number of ether oxygens (including phenoxy) is 2. The van der Waals surface area contributed by atoms with Crippen molar-refractivity contribution in [3.8, 4) is 11.8 Å². The van der Waals surface area contributed by atoms with Crippen LogP contribution in [-0.2, 0) is 19.1 Å². The van der Waals surface area contributed by atoms with Crippen LogP contribution in [0.2, 0.25) is 0 Å². The van der Waals surface area contributed by atoms with E-state index in [1.807, 2.05) is 0 Å². The summed E-state index contributed by atoms with van der Waals surface area (Å²) in [6.07, 6.45) is 0.750. The minimum absolute atomic E-state index is 0.0356. The average molecular weight is 208 g/mol. The lowest BCUT2D eigenvalue weighted by Gasteiger charge is -2.21. The number of carbonyl (C=O) groups excluding carboxylic acids is 2. The van der Waals surface area contributed by atoms with Gasteiger partial charge < -0.3 is 9.47 Å². The van der Waals surface area contributed by atoms with E-state index >= 15 is 0 Å². The molecule has 2 rings (SSSR count). The van der Waals surface area contributed by atoms with Gasteiger partial charge in [-0.1, -0.05) is 11.8 Å². The number of esters is 2. The van der Waals surface area contributed by atoms with Gasteiger partial charge in [0.15, 0.2) is 0 Å². The summed E-state index contributed by atoms with van der Waals surface area (Å²) in [6, 6.07) is 0. The van der Waals surface area contributed by atoms with E-state index in [9.17, 15) is 9.59 Å². The fourth-order valence-corrected chi connectivity index (χ4v) is 2.47. The lowest BCUT2D eigenvalue weighted by molar-refractivity contribution is -0.157. The molecule has 0 N–H and O–H groups in total. The molecule has 0 amide bonds. The summed E-state index contributed by atoms with van der Waals surface area (Å²) in [7, 11) is 2.66. The number of carbonyl (C=O) groups is 2. The predicted octanol–water partition coefficient (Wildman–Crippen LogP) is 0.218. The van der Waals surface area contributed by atoms with Crippen molar-refractivity contribution in [1.82, 2.24) is 0 Å². The molecule has 0 heterocycles. The van der Waals surface area contributed by atoms with Gasteiger partial charge in [-0.25, -0.2) is 0 Å². The lowest BCUT2D eigenvalue weighted by atomic mass is 9.84. The molecule has 15 heavy (non-hydrogen) atoms. The molecule has 4 heteroatoms. The molecule has 0 saturated heterocycles. The van der Waals surface area contributed by atoms with E-state index < -0.39 is 11.8 Å². The third-order valence-electron chi connectivity index (χ3n) is 3.16. The molecule has 2 bridgehead atoms. The topological polar surface area (TPSA) is 52.6 Å². The molecule has 1 saturated carbocycles. The second-order valence-corrected chi connectivity index (χ2v) is 3.84. The molecule has 4 unspecified atom stereocenters. The van der Waals surface area contributed by atoms with Gasteiger partial charge in [-0.3, -0.25) is 9.59 Å². The Balaban J connectivity index is 2.26. The first-order chi connectivity index (χ1) is 7.19. The highest BCUT2D eigenvalue weighted by Gasteiger charge is 2.53. The molecule has 0 aliphatic heterocycles. The Hall–Kier alpha value is -1.50. The Labute approximate surface area is 87.9 Å². The Morgan fingerprint density at radius 2 is 1.40 bits per heavy atom. The van der Waals surface area contributed by atoms with Crippen molar-refractivity contribution < 1.29 is 19.1 Å². The Morgan fingerprint density at radius 3 is 1.73 bits per heavy atom. The smallest absolute Gasteiger partial charge is 0.310 e. The van der Waals surface area contributed by atoms with Gasteiger partial charge in [-0.15, -0.1) is 0 Å². The van der Waals surface area contributed by atoms with E-state index in [4.69, 9.17) is 9.47 Å². The van der Waals surface area contributed by atoms with Crippen LogP contribution >= 0.6 is 0 Å². The maximum absolute atomic E-state index is 11.5. The van der Waals surface area contributed by atoms with Gasteiger partial charge in [0.05, 0.1) is 26.1 Å². The van der Waals surface area contributed by atoms with Crippen molar-refractivity contribution >= 4 is 11.9 Å². The van der Waals surface area contributed by atoms with Gasteiger partial charge in [0.1, 0.15) is 0 Å². The summed E-state index contributed by atoms with van der Waals surface area (Å²) in [4.78, 5) is 23.1. The van der Waals surface area contributed by atoms with Crippen LogP contribution in [0.4, 0.5) is 0 Å². The van der Waals surface area contributed by atoms with Crippen LogP contribution in [0, 0.1) is 35.5 Å². The van der Waals surface area contributed by atoms with Crippen LogP contribution < -0.4 is 0 Å². The van der Waals surface area contributed by atoms with Crippen LogP contribution in [-0.4, -0.2) is 26.2 Å². The lowest BCUT2D eigenvalue weighted by Crippen LogP contribution is -2.34. The van der Waals surface area contributed by atoms with Crippen molar-refractivity contribution in [2.75, 3.05) is 14.2 Å². The van der Waals surface area contributed by atoms with Gasteiger partial charge in [-0.05, 0) is 6.42 Å². The third kappa shape index (κ3) is 1.39. The molecule has 0 radical (unpaired) electrons. The largest absolute Gasteiger partial charge is 0.469 e. The van der Waals surface area contributed by atoms with Gasteiger partial charge >= 0.3 is 11.9 Å². The number of fused-ring (bicyclic) bond motifs is 2. The van der Waals surface area contributed by atoms with Crippen LogP contribution in [0.3, 0.4) is 0 Å². The molecule has 2 aliphatic rings. The van der Waals surface area contributed by atoms with Crippen molar-refractivity contribution in [3.05, 3.63) is 0 Å². The molecule has 0 aromatic rings. The summed E-state index contributed by atoms with van der Waals surface area (Å²) in [5.41, 5.74) is 0. The second-order valence-electron chi connectivity index (χ2n) is 3.84.